The Morgan fingerprint density at radius 1 is 1.17 bits per heavy atom. The van der Waals surface area contributed by atoms with E-state index in [-0.39, 0.29) is 18.4 Å². The summed E-state index contributed by atoms with van der Waals surface area (Å²) in [5.74, 6) is -2.14. The summed E-state index contributed by atoms with van der Waals surface area (Å²) in [6.45, 7) is 12.3. The van der Waals surface area contributed by atoms with Crippen LogP contribution >= 0.6 is 11.9 Å². The number of fused-ring (bicyclic) bond motifs is 3. The lowest BCUT2D eigenvalue weighted by molar-refractivity contribution is 0.00242. The van der Waals surface area contributed by atoms with Gasteiger partial charge >= 0.3 is 0 Å². The van der Waals surface area contributed by atoms with Crippen molar-refractivity contribution in [3.05, 3.63) is 39.4 Å². The largest absolute Gasteiger partial charge is 0.296 e. The molecule has 4 nitrogen and oxygen atoms in total. The van der Waals surface area contributed by atoms with E-state index in [1.165, 1.54) is 11.9 Å². The first-order chi connectivity index (χ1) is 14.3. The van der Waals surface area contributed by atoms with Gasteiger partial charge in [-0.05, 0) is 56.3 Å². The van der Waals surface area contributed by atoms with Crippen LogP contribution in [0.15, 0.2) is 21.3 Å². The summed E-state index contributed by atoms with van der Waals surface area (Å²) in [6, 6.07) is 3.80. The van der Waals surface area contributed by atoms with Gasteiger partial charge in [-0.3, -0.25) is 9.36 Å². The molecule has 2 aliphatic rings. The van der Waals surface area contributed by atoms with Crippen LogP contribution < -0.4 is 5.56 Å². The highest BCUT2D eigenvalue weighted by Gasteiger charge is 2.54. The predicted octanol–water partition coefficient (Wildman–Crippen LogP) is 6.31. The van der Waals surface area contributed by atoms with Gasteiger partial charge in [0, 0.05) is 36.6 Å². The lowest BCUT2D eigenvalue weighted by atomic mass is 9.84. The van der Waals surface area contributed by atoms with E-state index in [0.29, 0.717) is 36.1 Å². The number of nitrogens with zero attached hydrogens (tertiary/aromatic N) is 3. The Labute approximate surface area is 182 Å². The summed E-state index contributed by atoms with van der Waals surface area (Å²) >= 11 is 1.34. The lowest BCUT2D eigenvalue weighted by Crippen LogP contribution is -2.28. The van der Waals surface area contributed by atoms with Gasteiger partial charge < -0.3 is 0 Å². The first kappa shape index (κ1) is 24.5. The Morgan fingerprint density at radius 3 is 2.40 bits per heavy atom. The summed E-state index contributed by atoms with van der Waals surface area (Å²) in [5.41, 5.74) is 2.33. The molecule has 1 aliphatic carbocycles. The molecule has 0 bridgehead atoms. The van der Waals surface area contributed by atoms with Gasteiger partial charge in [0.05, 0.1) is 16.6 Å². The molecule has 1 spiro atoms. The van der Waals surface area contributed by atoms with E-state index in [1.54, 1.807) is 4.57 Å². The zero-order valence-electron chi connectivity index (χ0n) is 19.1. The number of aryl methyl sites for hydroxylation is 1. The van der Waals surface area contributed by atoms with Crippen LogP contribution in [-0.2, 0) is 12.0 Å². The summed E-state index contributed by atoms with van der Waals surface area (Å²) < 4.78 is 34.0. The number of halogens is 2. The topological polar surface area (TPSA) is 47.2 Å². The maximum Gasteiger partial charge on any atom is 0.261 e. The van der Waals surface area contributed by atoms with Gasteiger partial charge in [-0.15, -0.1) is 0 Å². The van der Waals surface area contributed by atoms with E-state index in [2.05, 4.69) is 4.40 Å². The van der Waals surface area contributed by atoms with Crippen LogP contribution in [-0.4, -0.2) is 27.4 Å². The minimum atomic E-state index is -2.67. The first-order valence-electron chi connectivity index (χ1n) is 10.8. The number of hydrogen-bond acceptors (Lipinski definition) is 4. The third-order valence-corrected chi connectivity index (χ3v) is 6.13. The molecule has 1 fully saturated rings. The Kier molecular flexibility index (Phi) is 7.83. The van der Waals surface area contributed by atoms with Gasteiger partial charge in [0.1, 0.15) is 5.82 Å². The molecule has 30 heavy (non-hydrogen) atoms. The summed E-state index contributed by atoms with van der Waals surface area (Å²) in [4.78, 5) is 17.9. The SMILES string of the molecule is CC.CC.CS/N=C(/C)c1cc(C)cc2c(=O)n3c(nc12)C1(CC3)CCC(F)(F)C1. The van der Waals surface area contributed by atoms with Gasteiger partial charge in [0.2, 0.25) is 5.92 Å². The van der Waals surface area contributed by atoms with Gasteiger partial charge in [0.25, 0.3) is 5.56 Å². The third-order valence-electron chi connectivity index (χ3n) is 5.68. The number of benzene rings is 1. The van der Waals surface area contributed by atoms with Gasteiger partial charge in [-0.25, -0.2) is 18.2 Å². The van der Waals surface area contributed by atoms with E-state index in [0.717, 1.165) is 16.8 Å². The van der Waals surface area contributed by atoms with Gasteiger partial charge in [-0.2, -0.15) is 0 Å². The predicted molar refractivity (Wildman–Crippen MR) is 124 cm³/mol. The van der Waals surface area contributed by atoms with Crippen molar-refractivity contribution in [2.45, 2.75) is 85.1 Å². The summed E-state index contributed by atoms with van der Waals surface area (Å²) in [6.07, 6.45) is 2.48. The molecule has 7 heteroatoms. The van der Waals surface area contributed by atoms with Crippen LogP contribution in [0.3, 0.4) is 0 Å². The molecule has 0 N–H and O–H groups in total. The molecule has 4 rings (SSSR count). The standard InChI is InChI=1S/C19H21F2N3OS.2C2H6/c1-11-8-13(12(2)23-26-3)15-14(9-11)16(25)24-7-6-18(17(24)22-15)4-5-19(20,21)10-18;2*1-2/h8-9H,4-7,10H2,1-3H3;2*1-2H3/b23-12-;;. The molecule has 0 saturated heterocycles. The first-order valence-corrected chi connectivity index (χ1v) is 12.0. The van der Waals surface area contributed by atoms with E-state index in [1.807, 2.05) is 59.9 Å². The molecule has 0 radical (unpaired) electrons. The molecule has 0 amide bonds. The van der Waals surface area contributed by atoms with Gasteiger partial charge in [-0.1, -0.05) is 27.7 Å². The fourth-order valence-corrected chi connectivity index (χ4v) is 4.85. The minimum Gasteiger partial charge on any atom is -0.296 e. The molecular weight excluding hydrogens is 404 g/mol. The van der Waals surface area contributed by atoms with Crippen molar-refractivity contribution in [2.75, 3.05) is 6.26 Å². The van der Waals surface area contributed by atoms with Crippen LogP contribution in [0, 0.1) is 6.92 Å². The molecular formula is C23H33F2N3OS. The Morgan fingerprint density at radius 2 is 1.83 bits per heavy atom. The maximum atomic E-state index is 14.0. The van der Waals surface area contributed by atoms with Crippen molar-refractivity contribution in [3.8, 4) is 0 Å². The van der Waals surface area contributed by atoms with Crippen molar-refractivity contribution in [2.24, 2.45) is 4.40 Å². The van der Waals surface area contributed by atoms with E-state index in [4.69, 9.17) is 4.98 Å². The van der Waals surface area contributed by atoms with Crippen molar-refractivity contribution in [1.82, 2.24) is 9.55 Å². The van der Waals surface area contributed by atoms with E-state index in [9.17, 15) is 13.6 Å². The fourth-order valence-electron chi connectivity index (χ4n) is 4.48. The number of rotatable bonds is 2. The molecule has 1 aliphatic heterocycles. The smallest absolute Gasteiger partial charge is 0.261 e. The van der Waals surface area contributed by atoms with Crippen LogP contribution in [0.2, 0.25) is 0 Å². The second-order valence-electron chi connectivity index (χ2n) is 7.52. The minimum absolute atomic E-state index is 0.126. The zero-order valence-corrected chi connectivity index (χ0v) is 19.9. The van der Waals surface area contributed by atoms with Crippen LogP contribution in [0.4, 0.5) is 8.78 Å². The van der Waals surface area contributed by atoms with Crippen molar-refractivity contribution in [1.29, 1.82) is 0 Å². The average molecular weight is 438 g/mol. The number of hydrogen-bond donors (Lipinski definition) is 0. The van der Waals surface area contributed by atoms with Crippen LogP contribution in [0.25, 0.3) is 10.9 Å². The highest BCUT2D eigenvalue weighted by Crippen LogP contribution is 2.52. The molecule has 166 valence electrons. The fraction of sp³-hybridized carbons (Fsp3) is 0.609. The Bertz CT molecular complexity index is 1000. The lowest BCUT2D eigenvalue weighted by Gasteiger charge is -2.23. The van der Waals surface area contributed by atoms with Crippen LogP contribution in [0.5, 0.6) is 0 Å². The van der Waals surface area contributed by atoms with Gasteiger partial charge in [0.15, 0.2) is 0 Å². The van der Waals surface area contributed by atoms with E-state index >= 15 is 0 Å². The molecule has 1 unspecified atom stereocenters. The Hall–Kier alpha value is -1.76. The molecule has 2 aromatic rings. The highest BCUT2D eigenvalue weighted by molar-refractivity contribution is 7.97. The molecule has 1 saturated carbocycles. The Balaban J connectivity index is 0.000000757. The highest BCUT2D eigenvalue weighted by atomic mass is 32.2. The van der Waals surface area contributed by atoms with Crippen molar-refractivity contribution >= 4 is 28.6 Å². The van der Waals surface area contributed by atoms with Crippen LogP contribution in [0.1, 0.15) is 77.3 Å². The zero-order chi connectivity index (χ0) is 22.7. The molecule has 1 aromatic heterocycles. The summed E-state index contributed by atoms with van der Waals surface area (Å²) in [5, 5.41) is 0.543. The third kappa shape index (κ3) is 4.32. The summed E-state index contributed by atoms with van der Waals surface area (Å²) in [7, 11) is 0. The monoisotopic (exact) mass is 437 g/mol. The second-order valence-corrected chi connectivity index (χ2v) is 8.07. The number of alkyl halides is 2. The quantitative estimate of drug-likeness (QED) is 0.409. The molecule has 1 aromatic carbocycles. The van der Waals surface area contributed by atoms with E-state index < -0.39 is 11.3 Å². The van der Waals surface area contributed by atoms with Crippen molar-refractivity contribution in [3.63, 3.8) is 0 Å². The molecule has 2 heterocycles. The average Bonchev–Trinajstić information content (AvgIpc) is 3.24. The maximum absolute atomic E-state index is 14.0. The molecule has 1 atom stereocenters. The second kappa shape index (κ2) is 9.58. The number of aromatic nitrogens is 2. The normalized spacial score (nSPS) is 21.7. The van der Waals surface area contributed by atoms with Crippen molar-refractivity contribution < 1.29 is 8.78 Å².